The molecule has 2 nitrogen and oxygen atoms in total. The Balaban J connectivity index is 3.21. The van der Waals surface area contributed by atoms with Crippen molar-refractivity contribution in [2.45, 2.75) is 6.54 Å². The smallest absolute Gasteiger partial charge is 0.179 e. The lowest BCUT2D eigenvalue weighted by Gasteiger charge is -2.12. The van der Waals surface area contributed by atoms with Gasteiger partial charge in [0, 0.05) is 12.1 Å². The summed E-state index contributed by atoms with van der Waals surface area (Å²) in [5, 5.41) is -0.0910. The summed E-state index contributed by atoms with van der Waals surface area (Å²) >= 11 is 2.90. The predicted octanol–water partition coefficient (Wildman–Crippen LogP) is 2.60. The maximum atomic E-state index is 13.8. The summed E-state index contributed by atoms with van der Waals surface area (Å²) in [6, 6.07) is 2.48. The number of halogens is 3. The highest BCUT2D eigenvalue weighted by Crippen LogP contribution is 2.19. The fourth-order valence-corrected chi connectivity index (χ4v) is 1.66. The van der Waals surface area contributed by atoms with Crippen LogP contribution < -0.4 is 0 Å². The lowest BCUT2D eigenvalue weighted by atomic mass is 10.1. The van der Waals surface area contributed by atoms with Crippen molar-refractivity contribution in [2.75, 3.05) is 19.4 Å². The van der Waals surface area contributed by atoms with Gasteiger partial charge < -0.3 is 4.90 Å². The zero-order chi connectivity index (χ0) is 12.3. The molecular formula is C11H12BrF2NO. The van der Waals surface area contributed by atoms with E-state index in [9.17, 15) is 13.6 Å². The van der Waals surface area contributed by atoms with Gasteiger partial charge in [0.2, 0.25) is 0 Å². The molecule has 0 aliphatic rings. The maximum Gasteiger partial charge on any atom is 0.179 e. The Kier molecular flexibility index (Phi) is 4.56. The molecule has 16 heavy (non-hydrogen) atoms. The Labute approximate surface area is 101 Å². The van der Waals surface area contributed by atoms with Gasteiger partial charge >= 0.3 is 0 Å². The highest BCUT2D eigenvalue weighted by atomic mass is 79.9. The Morgan fingerprint density at radius 3 is 2.50 bits per heavy atom. The average molecular weight is 292 g/mol. The average Bonchev–Trinajstić information content (AvgIpc) is 2.21. The van der Waals surface area contributed by atoms with Crippen molar-refractivity contribution in [1.29, 1.82) is 0 Å². The van der Waals surface area contributed by atoms with Gasteiger partial charge in [-0.3, -0.25) is 4.79 Å². The topological polar surface area (TPSA) is 20.3 Å². The minimum atomic E-state index is -0.815. The molecule has 0 fully saturated rings. The number of alkyl halides is 1. The molecule has 0 radical (unpaired) electrons. The highest BCUT2D eigenvalue weighted by molar-refractivity contribution is 9.09. The first-order valence-electron chi connectivity index (χ1n) is 4.68. The fourth-order valence-electron chi connectivity index (χ4n) is 1.38. The number of carbonyl (C=O) groups is 1. The van der Waals surface area contributed by atoms with E-state index in [1.165, 1.54) is 6.07 Å². The van der Waals surface area contributed by atoms with E-state index in [0.29, 0.717) is 12.1 Å². The van der Waals surface area contributed by atoms with E-state index in [0.717, 1.165) is 6.07 Å². The van der Waals surface area contributed by atoms with Crippen LogP contribution in [0, 0.1) is 11.6 Å². The van der Waals surface area contributed by atoms with Gasteiger partial charge in [-0.1, -0.05) is 22.0 Å². The van der Waals surface area contributed by atoms with Crippen LogP contribution in [0.1, 0.15) is 15.9 Å². The van der Waals surface area contributed by atoms with E-state index in [4.69, 9.17) is 0 Å². The van der Waals surface area contributed by atoms with Gasteiger partial charge in [-0.05, 0) is 20.2 Å². The molecule has 0 atom stereocenters. The van der Waals surface area contributed by atoms with Crippen LogP contribution in [0.3, 0.4) is 0 Å². The molecule has 88 valence electrons. The van der Waals surface area contributed by atoms with Crippen molar-refractivity contribution in [2.24, 2.45) is 0 Å². The van der Waals surface area contributed by atoms with Crippen LogP contribution in [-0.2, 0) is 6.54 Å². The summed E-state index contributed by atoms with van der Waals surface area (Å²) in [5.74, 6) is -2.17. The van der Waals surface area contributed by atoms with E-state index >= 15 is 0 Å². The number of Topliss-reactive ketones (excluding diaryl/α,β-unsaturated/α-hetero) is 1. The molecule has 1 aromatic rings. The number of hydrogen-bond acceptors (Lipinski definition) is 2. The van der Waals surface area contributed by atoms with Crippen molar-refractivity contribution in [3.05, 3.63) is 34.9 Å². The minimum Gasteiger partial charge on any atom is -0.305 e. The molecule has 0 aliphatic heterocycles. The lowest BCUT2D eigenvalue weighted by molar-refractivity contribution is 0.101. The second kappa shape index (κ2) is 5.50. The van der Waals surface area contributed by atoms with Gasteiger partial charge in [0.1, 0.15) is 11.6 Å². The van der Waals surface area contributed by atoms with Gasteiger partial charge in [0.25, 0.3) is 0 Å². The lowest BCUT2D eigenvalue weighted by Crippen LogP contribution is -2.15. The van der Waals surface area contributed by atoms with E-state index in [1.807, 2.05) is 0 Å². The summed E-state index contributed by atoms with van der Waals surface area (Å²) in [7, 11) is 3.55. The fraction of sp³-hybridized carbons (Fsp3) is 0.364. The Morgan fingerprint density at radius 1 is 1.38 bits per heavy atom. The standard InChI is InChI=1S/C11H12BrF2NO/c1-15(2)6-7-3-4-8(13)10(11(7)14)9(16)5-12/h3-4H,5-6H2,1-2H3. The van der Waals surface area contributed by atoms with E-state index in [2.05, 4.69) is 15.9 Å². The third kappa shape index (κ3) is 2.86. The number of hydrogen-bond donors (Lipinski definition) is 0. The Morgan fingerprint density at radius 2 is 2.00 bits per heavy atom. The van der Waals surface area contributed by atoms with Crippen LogP contribution in [0.2, 0.25) is 0 Å². The largest absolute Gasteiger partial charge is 0.305 e. The SMILES string of the molecule is CN(C)Cc1ccc(F)c(C(=O)CBr)c1F. The predicted molar refractivity (Wildman–Crippen MR) is 61.9 cm³/mol. The summed E-state index contributed by atoms with van der Waals surface area (Å²) in [5.41, 5.74) is -0.146. The molecular weight excluding hydrogens is 280 g/mol. The molecule has 0 amide bonds. The molecule has 0 saturated carbocycles. The summed E-state index contributed by atoms with van der Waals surface area (Å²) in [6.45, 7) is 0.328. The monoisotopic (exact) mass is 291 g/mol. The second-order valence-electron chi connectivity index (χ2n) is 3.69. The van der Waals surface area contributed by atoms with Crippen LogP contribution in [0.15, 0.2) is 12.1 Å². The van der Waals surface area contributed by atoms with Crippen molar-refractivity contribution < 1.29 is 13.6 Å². The van der Waals surface area contributed by atoms with Crippen LogP contribution in [0.4, 0.5) is 8.78 Å². The molecule has 0 unspecified atom stereocenters. The molecule has 5 heteroatoms. The summed E-state index contributed by atoms with van der Waals surface area (Å²) in [6.07, 6.45) is 0. The number of rotatable bonds is 4. The van der Waals surface area contributed by atoms with E-state index in [1.54, 1.807) is 19.0 Å². The van der Waals surface area contributed by atoms with Gasteiger partial charge in [-0.25, -0.2) is 8.78 Å². The second-order valence-corrected chi connectivity index (χ2v) is 4.25. The summed E-state index contributed by atoms with van der Waals surface area (Å²) < 4.78 is 27.1. The molecule has 1 rings (SSSR count). The van der Waals surface area contributed by atoms with E-state index in [-0.39, 0.29) is 5.33 Å². The maximum absolute atomic E-state index is 13.8. The summed E-state index contributed by atoms with van der Waals surface area (Å²) in [4.78, 5) is 13.1. The molecule has 0 spiro atoms. The van der Waals surface area contributed by atoms with Gasteiger partial charge in [0.15, 0.2) is 5.78 Å². The molecule has 0 aromatic heterocycles. The molecule has 0 N–H and O–H groups in total. The normalized spacial score (nSPS) is 10.9. The third-order valence-electron chi connectivity index (χ3n) is 2.06. The zero-order valence-corrected chi connectivity index (χ0v) is 10.6. The quantitative estimate of drug-likeness (QED) is 0.628. The van der Waals surface area contributed by atoms with E-state index < -0.39 is 23.0 Å². The molecule has 0 bridgehead atoms. The Bertz CT molecular complexity index is 407. The van der Waals surface area contributed by atoms with Crippen LogP contribution in [-0.4, -0.2) is 30.1 Å². The molecule has 1 aromatic carbocycles. The zero-order valence-electron chi connectivity index (χ0n) is 9.06. The Hall–Kier alpha value is -0.810. The van der Waals surface area contributed by atoms with Crippen LogP contribution in [0.25, 0.3) is 0 Å². The number of benzene rings is 1. The molecule has 0 saturated heterocycles. The first-order chi connectivity index (χ1) is 7.47. The van der Waals surface area contributed by atoms with Crippen molar-refractivity contribution >= 4 is 21.7 Å². The van der Waals surface area contributed by atoms with Gasteiger partial charge in [0.05, 0.1) is 10.9 Å². The van der Waals surface area contributed by atoms with Gasteiger partial charge in [-0.2, -0.15) is 0 Å². The number of carbonyl (C=O) groups excluding carboxylic acids is 1. The number of ketones is 1. The minimum absolute atomic E-state index is 0.0910. The van der Waals surface area contributed by atoms with Crippen LogP contribution >= 0.6 is 15.9 Å². The third-order valence-corrected chi connectivity index (χ3v) is 2.57. The van der Waals surface area contributed by atoms with Crippen molar-refractivity contribution in [3.63, 3.8) is 0 Å². The van der Waals surface area contributed by atoms with Crippen LogP contribution in [0.5, 0.6) is 0 Å². The van der Waals surface area contributed by atoms with Crippen molar-refractivity contribution in [3.8, 4) is 0 Å². The van der Waals surface area contributed by atoms with Gasteiger partial charge in [-0.15, -0.1) is 0 Å². The molecule has 0 heterocycles. The first-order valence-corrected chi connectivity index (χ1v) is 5.80. The highest BCUT2D eigenvalue weighted by Gasteiger charge is 2.19. The van der Waals surface area contributed by atoms with Crippen molar-refractivity contribution in [1.82, 2.24) is 4.90 Å². The number of nitrogens with zero attached hydrogens (tertiary/aromatic N) is 1. The first kappa shape index (κ1) is 13.3. The molecule has 0 aliphatic carbocycles.